The topological polar surface area (TPSA) is 46.5 Å². The summed E-state index contributed by atoms with van der Waals surface area (Å²) in [5, 5.41) is 3.37. The van der Waals surface area contributed by atoms with Crippen LogP contribution in [0.4, 0.5) is 0 Å². The molecular formula is C12H15N3O. The van der Waals surface area contributed by atoms with E-state index >= 15 is 0 Å². The first-order valence-electron chi connectivity index (χ1n) is 5.72. The van der Waals surface area contributed by atoms with Gasteiger partial charge in [0.2, 0.25) is 0 Å². The minimum Gasteiger partial charge on any atom is -0.463 e. The number of nitrogens with zero attached hydrogens (tertiary/aromatic N) is 2. The fraction of sp³-hybridized carbons (Fsp3) is 0.500. The molecule has 0 spiro atoms. The lowest BCUT2D eigenvalue weighted by molar-refractivity contribution is 0.316. The van der Waals surface area contributed by atoms with Crippen molar-refractivity contribution < 1.29 is 4.74 Å². The lowest BCUT2D eigenvalue weighted by Gasteiger charge is -2.18. The summed E-state index contributed by atoms with van der Waals surface area (Å²) in [6.45, 7) is 3.70. The summed E-state index contributed by atoms with van der Waals surface area (Å²) < 4.78 is 5.40. The molecular weight excluding hydrogens is 202 g/mol. The van der Waals surface area contributed by atoms with Gasteiger partial charge in [-0.3, -0.25) is 4.98 Å². The van der Waals surface area contributed by atoms with Crippen molar-refractivity contribution in [2.45, 2.75) is 19.4 Å². The standard InChI is InChI=1S/C12H15N3O/c1-8-7-10-9(3-2-4-13-10)11(8)15-12-14-5-6-16-12/h2-4,8,11H,5-7H2,1H3,(H,14,15). The smallest absolute Gasteiger partial charge is 0.285 e. The summed E-state index contributed by atoms with van der Waals surface area (Å²) in [6, 6.07) is 5.11. The highest BCUT2D eigenvalue weighted by molar-refractivity contribution is 5.75. The van der Waals surface area contributed by atoms with Crippen molar-refractivity contribution in [1.82, 2.24) is 10.3 Å². The molecule has 0 radical (unpaired) electrons. The molecule has 2 aliphatic rings. The summed E-state index contributed by atoms with van der Waals surface area (Å²) in [5.41, 5.74) is 2.49. The molecule has 0 saturated carbocycles. The number of ether oxygens (including phenoxy) is 1. The van der Waals surface area contributed by atoms with E-state index < -0.39 is 0 Å². The van der Waals surface area contributed by atoms with Crippen LogP contribution in [-0.4, -0.2) is 24.2 Å². The summed E-state index contributed by atoms with van der Waals surface area (Å²) in [4.78, 5) is 8.68. The van der Waals surface area contributed by atoms with Gasteiger partial charge in [-0.25, -0.2) is 4.99 Å². The van der Waals surface area contributed by atoms with Crippen LogP contribution in [0.2, 0.25) is 0 Å². The quantitative estimate of drug-likeness (QED) is 0.771. The molecule has 0 saturated heterocycles. The summed E-state index contributed by atoms with van der Waals surface area (Å²) in [7, 11) is 0. The normalized spacial score (nSPS) is 27.2. The average molecular weight is 217 g/mol. The van der Waals surface area contributed by atoms with E-state index in [1.54, 1.807) is 0 Å². The molecule has 0 bridgehead atoms. The van der Waals surface area contributed by atoms with Gasteiger partial charge in [-0.1, -0.05) is 13.0 Å². The Kier molecular flexibility index (Phi) is 2.27. The molecule has 4 heteroatoms. The molecule has 4 nitrogen and oxygen atoms in total. The van der Waals surface area contributed by atoms with Gasteiger partial charge in [0.05, 0.1) is 12.6 Å². The molecule has 1 aliphatic heterocycles. The number of hydrogen-bond acceptors (Lipinski definition) is 4. The van der Waals surface area contributed by atoms with Gasteiger partial charge in [-0.2, -0.15) is 0 Å². The molecule has 2 atom stereocenters. The van der Waals surface area contributed by atoms with Crippen LogP contribution in [0.3, 0.4) is 0 Å². The average Bonchev–Trinajstić information content (AvgIpc) is 2.89. The van der Waals surface area contributed by atoms with Crippen molar-refractivity contribution in [1.29, 1.82) is 0 Å². The Morgan fingerprint density at radius 2 is 2.44 bits per heavy atom. The molecule has 0 fully saturated rings. The van der Waals surface area contributed by atoms with Crippen LogP contribution in [0.25, 0.3) is 0 Å². The predicted molar refractivity (Wildman–Crippen MR) is 61.2 cm³/mol. The zero-order valence-corrected chi connectivity index (χ0v) is 9.31. The highest BCUT2D eigenvalue weighted by Crippen LogP contribution is 2.34. The lowest BCUT2D eigenvalue weighted by Crippen LogP contribution is -2.30. The van der Waals surface area contributed by atoms with Crippen LogP contribution >= 0.6 is 0 Å². The predicted octanol–water partition coefficient (Wildman–Crippen LogP) is 1.29. The van der Waals surface area contributed by atoms with Crippen LogP contribution < -0.4 is 5.32 Å². The summed E-state index contributed by atoms with van der Waals surface area (Å²) in [5.74, 6) is 0.539. The van der Waals surface area contributed by atoms with Crippen LogP contribution in [0.1, 0.15) is 24.2 Å². The number of aromatic nitrogens is 1. The Balaban J connectivity index is 1.84. The maximum absolute atomic E-state index is 5.40. The number of amidine groups is 1. The SMILES string of the molecule is CC1Cc2ncccc2C1NC1=NCCO1. The number of hydrogen-bond donors (Lipinski definition) is 1. The number of pyridine rings is 1. The third-order valence-electron chi connectivity index (χ3n) is 3.21. The molecule has 0 aromatic carbocycles. The Morgan fingerprint density at radius 1 is 1.50 bits per heavy atom. The maximum Gasteiger partial charge on any atom is 0.285 e. The van der Waals surface area contributed by atoms with Gasteiger partial charge >= 0.3 is 0 Å². The van der Waals surface area contributed by atoms with Gasteiger partial charge in [0.1, 0.15) is 6.61 Å². The number of fused-ring (bicyclic) bond motifs is 1. The van der Waals surface area contributed by atoms with Crippen LogP contribution in [-0.2, 0) is 11.2 Å². The Labute approximate surface area is 94.8 Å². The highest BCUT2D eigenvalue weighted by atomic mass is 16.5. The maximum atomic E-state index is 5.40. The summed E-state index contributed by atoms with van der Waals surface area (Å²) >= 11 is 0. The van der Waals surface area contributed by atoms with Gasteiger partial charge in [0.15, 0.2) is 0 Å². The van der Waals surface area contributed by atoms with E-state index in [0.29, 0.717) is 24.6 Å². The molecule has 1 N–H and O–H groups in total. The van der Waals surface area contributed by atoms with Gasteiger partial charge in [0, 0.05) is 11.9 Å². The van der Waals surface area contributed by atoms with Crippen LogP contribution in [0.15, 0.2) is 23.3 Å². The van der Waals surface area contributed by atoms with Crippen molar-refractivity contribution >= 4 is 6.02 Å². The number of rotatable bonds is 1. The van der Waals surface area contributed by atoms with Crippen molar-refractivity contribution in [3.05, 3.63) is 29.6 Å². The van der Waals surface area contributed by atoms with Crippen molar-refractivity contribution in [3.63, 3.8) is 0 Å². The van der Waals surface area contributed by atoms with Gasteiger partial charge in [-0.05, 0) is 24.0 Å². The van der Waals surface area contributed by atoms with Crippen molar-refractivity contribution in [3.8, 4) is 0 Å². The number of aliphatic imine (C=N–C) groups is 1. The minimum absolute atomic E-state index is 0.292. The third kappa shape index (κ3) is 1.54. The first kappa shape index (κ1) is 9.63. The van der Waals surface area contributed by atoms with E-state index in [9.17, 15) is 0 Å². The molecule has 16 heavy (non-hydrogen) atoms. The number of nitrogens with one attached hydrogen (secondary N) is 1. The Bertz CT molecular complexity index is 430. The van der Waals surface area contributed by atoms with Gasteiger partial charge in [0.25, 0.3) is 6.02 Å². The summed E-state index contributed by atoms with van der Waals surface area (Å²) in [6.07, 6.45) is 2.89. The molecule has 1 aliphatic carbocycles. The second kappa shape index (κ2) is 3.77. The molecule has 2 heterocycles. The van der Waals surface area contributed by atoms with Crippen LogP contribution in [0.5, 0.6) is 0 Å². The Morgan fingerprint density at radius 3 is 3.25 bits per heavy atom. The zero-order valence-electron chi connectivity index (χ0n) is 9.31. The zero-order chi connectivity index (χ0) is 11.0. The van der Waals surface area contributed by atoms with E-state index in [1.165, 1.54) is 11.3 Å². The molecule has 1 aromatic heterocycles. The first-order valence-corrected chi connectivity index (χ1v) is 5.72. The van der Waals surface area contributed by atoms with E-state index in [2.05, 4.69) is 28.3 Å². The van der Waals surface area contributed by atoms with Crippen LogP contribution in [0, 0.1) is 5.92 Å². The van der Waals surface area contributed by atoms with Gasteiger partial charge in [-0.15, -0.1) is 0 Å². The fourth-order valence-electron chi connectivity index (χ4n) is 2.41. The minimum atomic E-state index is 0.292. The molecule has 2 unspecified atom stereocenters. The van der Waals surface area contributed by atoms with Crippen molar-refractivity contribution in [2.24, 2.45) is 10.9 Å². The molecule has 3 rings (SSSR count). The van der Waals surface area contributed by atoms with E-state index in [4.69, 9.17) is 4.74 Å². The Hall–Kier alpha value is -1.58. The van der Waals surface area contributed by atoms with Crippen molar-refractivity contribution in [2.75, 3.05) is 13.2 Å². The second-order valence-corrected chi connectivity index (χ2v) is 4.38. The van der Waals surface area contributed by atoms with E-state index in [-0.39, 0.29) is 0 Å². The molecule has 0 amide bonds. The van der Waals surface area contributed by atoms with E-state index in [0.717, 1.165) is 13.0 Å². The first-order chi connectivity index (χ1) is 7.84. The van der Waals surface area contributed by atoms with E-state index in [1.807, 2.05) is 12.3 Å². The lowest BCUT2D eigenvalue weighted by atomic mass is 10.0. The monoisotopic (exact) mass is 217 g/mol. The molecule has 84 valence electrons. The largest absolute Gasteiger partial charge is 0.463 e. The third-order valence-corrected chi connectivity index (χ3v) is 3.21. The van der Waals surface area contributed by atoms with Gasteiger partial charge < -0.3 is 10.1 Å². The highest BCUT2D eigenvalue weighted by Gasteiger charge is 2.31. The fourth-order valence-corrected chi connectivity index (χ4v) is 2.41. The molecule has 1 aromatic rings. The second-order valence-electron chi connectivity index (χ2n) is 4.38.